The van der Waals surface area contributed by atoms with Gasteiger partial charge in [-0.15, -0.1) is 0 Å². The number of amides is 1. The predicted octanol–water partition coefficient (Wildman–Crippen LogP) is 1.28. The third kappa shape index (κ3) is 12.7. The van der Waals surface area contributed by atoms with Crippen molar-refractivity contribution in [2.24, 2.45) is 0 Å². The van der Waals surface area contributed by atoms with Crippen LogP contribution in [0.4, 0.5) is 0 Å². The average molecular weight is 306 g/mol. The van der Waals surface area contributed by atoms with Gasteiger partial charge in [0.05, 0.1) is 31.7 Å². The first-order chi connectivity index (χ1) is 9.37. The van der Waals surface area contributed by atoms with Crippen molar-refractivity contribution in [1.82, 2.24) is 10.6 Å². The fourth-order valence-electron chi connectivity index (χ4n) is 1.32. The van der Waals surface area contributed by atoms with Crippen molar-refractivity contribution in [3.05, 3.63) is 0 Å². The fourth-order valence-corrected chi connectivity index (χ4v) is 1.61. The van der Waals surface area contributed by atoms with Gasteiger partial charge in [0.25, 0.3) is 0 Å². The first-order valence-corrected chi connectivity index (χ1v) is 8.36. The molecule has 0 spiro atoms. The van der Waals surface area contributed by atoms with Gasteiger partial charge in [-0.1, -0.05) is 0 Å². The van der Waals surface area contributed by atoms with E-state index in [2.05, 4.69) is 31.4 Å². The standard InChI is InChI=1S/C14H30N2O3S/c1-12(20-5)13(17)15-6-8-18-10-11-19-9-7-16-14(2,3)4/h12,16H,6-11H2,1-5H3,(H,15,17). The summed E-state index contributed by atoms with van der Waals surface area (Å²) in [6, 6.07) is 0. The molecular formula is C14H30N2O3S. The lowest BCUT2D eigenvalue weighted by Crippen LogP contribution is -2.38. The van der Waals surface area contributed by atoms with Crippen LogP contribution in [0.5, 0.6) is 0 Å². The second-order valence-electron chi connectivity index (χ2n) is 5.57. The summed E-state index contributed by atoms with van der Waals surface area (Å²) in [5.74, 6) is 0.0607. The van der Waals surface area contributed by atoms with E-state index in [1.807, 2.05) is 13.2 Å². The normalized spacial score (nSPS) is 13.2. The van der Waals surface area contributed by atoms with Gasteiger partial charge >= 0.3 is 0 Å². The monoisotopic (exact) mass is 306 g/mol. The summed E-state index contributed by atoms with van der Waals surface area (Å²) in [7, 11) is 0. The number of carbonyl (C=O) groups excluding carboxylic acids is 1. The van der Waals surface area contributed by atoms with Gasteiger partial charge < -0.3 is 20.1 Å². The first-order valence-electron chi connectivity index (χ1n) is 7.08. The lowest BCUT2D eigenvalue weighted by molar-refractivity contribution is -0.120. The van der Waals surface area contributed by atoms with Crippen molar-refractivity contribution in [3.8, 4) is 0 Å². The molecule has 0 fully saturated rings. The van der Waals surface area contributed by atoms with Crippen molar-refractivity contribution in [2.45, 2.75) is 38.5 Å². The number of hydrogen-bond acceptors (Lipinski definition) is 5. The van der Waals surface area contributed by atoms with E-state index in [0.717, 1.165) is 6.54 Å². The lowest BCUT2D eigenvalue weighted by Gasteiger charge is -2.20. The summed E-state index contributed by atoms with van der Waals surface area (Å²) >= 11 is 1.54. The minimum Gasteiger partial charge on any atom is -0.378 e. The molecule has 1 atom stereocenters. The smallest absolute Gasteiger partial charge is 0.232 e. The van der Waals surface area contributed by atoms with Gasteiger partial charge in [0.2, 0.25) is 5.91 Å². The van der Waals surface area contributed by atoms with Gasteiger partial charge in [0.15, 0.2) is 0 Å². The molecular weight excluding hydrogens is 276 g/mol. The average Bonchev–Trinajstić information content (AvgIpc) is 2.38. The minimum absolute atomic E-state index is 0.00588. The first kappa shape index (κ1) is 19.7. The zero-order chi connectivity index (χ0) is 15.4. The number of thioether (sulfide) groups is 1. The maximum atomic E-state index is 11.4. The minimum atomic E-state index is -0.00588. The van der Waals surface area contributed by atoms with E-state index in [-0.39, 0.29) is 16.7 Å². The van der Waals surface area contributed by atoms with Crippen LogP contribution < -0.4 is 10.6 Å². The van der Waals surface area contributed by atoms with Crippen LogP contribution in [0, 0.1) is 0 Å². The van der Waals surface area contributed by atoms with Crippen LogP contribution in [0.2, 0.25) is 0 Å². The van der Waals surface area contributed by atoms with Crippen LogP contribution in [0.25, 0.3) is 0 Å². The van der Waals surface area contributed by atoms with Crippen molar-refractivity contribution in [1.29, 1.82) is 0 Å². The van der Waals surface area contributed by atoms with Crippen molar-refractivity contribution < 1.29 is 14.3 Å². The SMILES string of the molecule is CSC(C)C(=O)NCCOCCOCCNC(C)(C)C. The fraction of sp³-hybridized carbons (Fsp3) is 0.929. The Hall–Kier alpha value is -0.300. The zero-order valence-corrected chi connectivity index (χ0v) is 14.3. The molecule has 0 saturated carbocycles. The molecule has 0 aromatic carbocycles. The van der Waals surface area contributed by atoms with Gasteiger partial charge in [0.1, 0.15) is 0 Å². The molecule has 0 rings (SSSR count). The summed E-state index contributed by atoms with van der Waals surface area (Å²) < 4.78 is 10.8. The third-order valence-corrected chi connectivity index (χ3v) is 3.46. The van der Waals surface area contributed by atoms with Gasteiger partial charge in [-0.3, -0.25) is 4.79 Å². The van der Waals surface area contributed by atoms with E-state index < -0.39 is 0 Å². The summed E-state index contributed by atoms with van der Waals surface area (Å²) in [5, 5.41) is 6.17. The maximum absolute atomic E-state index is 11.4. The highest BCUT2D eigenvalue weighted by Gasteiger charge is 2.09. The van der Waals surface area contributed by atoms with E-state index in [9.17, 15) is 4.79 Å². The summed E-state index contributed by atoms with van der Waals surface area (Å²) in [6.45, 7) is 12.0. The molecule has 0 saturated heterocycles. The summed E-state index contributed by atoms with van der Waals surface area (Å²) in [5.41, 5.74) is 0.131. The van der Waals surface area contributed by atoms with Gasteiger partial charge in [-0.25, -0.2) is 0 Å². The topological polar surface area (TPSA) is 59.6 Å². The van der Waals surface area contributed by atoms with Crippen molar-refractivity contribution in [2.75, 3.05) is 45.8 Å². The highest BCUT2D eigenvalue weighted by molar-refractivity contribution is 7.99. The number of hydrogen-bond donors (Lipinski definition) is 2. The molecule has 0 aliphatic carbocycles. The molecule has 5 nitrogen and oxygen atoms in total. The highest BCUT2D eigenvalue weighted by Crippen LogP contribution is 2.03. The van der Waals surface area contributed by atoms with E-state index in [4.69, 9.17) is 9.47 Å². The van der Waals surface area contributed by atoms with E-state index in [1.54, 1.807) is 0 Å². The van der Waals surface area contributed by atoms with Crippen LogP contribution >= 0.6 is 11.8 Å². The number of carbonyl (C=O) groups is 1. The Morgan fingerprint density at radius 1 is 1.10 bits per heavy atom. The van der Waals surface area contributed by atoms with Gasteiger partial charge in [0, 0.05) is 18.6 Å². The van der Waals surface area contributed by atoms with Crippen LogP contribution in [-0.4, -0.2) is 62.5 Å². The van der Waals surface area contributed by atoms with Crippen molar-refractivity contribution in [3.63, 3.8) is 0 Å². The number of rotatable bonds is 11. The molecule has 0 aliphatic heterocycles. The van der Waals surface area contributed by atoms with E-state index >= 15 is 0 Å². The molecule has 1 unspecified atom stereocenters. The molecule has 1 amide bonds. The Morgan fingerprint density at radius 2 is 1.65 bits per heavy atom. The van der Waals surface area contributed by atoms with E-state index in [1.165, 1.54) is 11.8 Å². The maximum Gasteiger partial charge on any atom is 0.232 e. The number of nitrogens with one attached hydrogen (secondary N) is 2. The second-order valence-corrected chi connectivity index (χ2v) is 6.75. The molecule has 0 aliphatic rings. The van der Waals surface area contributed by atoms with E-state index in [0.29, 0.717) is 33.0 Å². The summed E-state index contributed by atoms with van der Waals surface area (Å²) in [6.07, 6.45) is 1.92. The zero-order valence-electron chi connectivity index (χ0n) is 13.5. The molecule has 0 aromatic rings. The molecule has 0 bridgehead atoms. The largest absolute Gasteiger partial charge is 0.378 e. The van der Waals surface area contributed by atoms with Gasteiger partial charge in [-0.05, 0) is 34.0 Å². The Kier molecular flexibility index (Phi) is 11.2. The summed E-state index contributed by atoms with van der Waals surface area (Å²) in [4.78, 5) is 11.4. The van der Waals surface area contributed by atoms with Gasteiger partial charge in [-0.2, -0.15) is 11.8 Å². The Labute approximate surface area is 127 Å². The van der Waals surface area contributed by atoms with Crippen LogP contribution in [-0.2, 0) is 14.3 Å². The number of ether oxygens (including phenoxy) is 2. The molecule has 2 N–H and O–H groups in total. The Bertz CT molecular complexity index is 257. The lowest BCUT2D eigenvalue weighted by atomic mass is 10.1. The van der Waals surface area contributed by atoms with Crippen LogP contribution in [0.15, 0.2) is 0 Å². The molecule has 20 heavy (non-hydrogen) atoms. The molecule has 0 radical (unpaired) electrons. The quantitative estimate of drug-likeness (QED) is 0.563. The highest BCUT2D eigenvalue weighted by atomic mass is 32.2. The Morgan fingerprint density at radius 3 is 2.15 bits per heavy atom. The Balaban J connectivity index is 3.23. The molecule has 0 aromatic heterocycles. The molecule has 0 heterocycles. The second kappa shape index (κ2) is 11.4. The van der Waals surface area contributed by atoms with Crippen molar-refractivity contribution >= 4 is 17.7 Å². The molecule has 120 valence electrons. The van der Waals surface area contributed by atoms with Crippen LogP contribution in [0.1, 0.15) is 27.7 Å². The molecule has 6 heteroatoms. The third-order valence-electron chi connectivity index (χ3n) is 2.54. The van der Waals surface area contributed by atoms with Crippen LogP contribution in [0.3, 0.4) is 0 Å². The predicted molar refractivity (Wildman–Crippen MR) is 85.4 cm³/mol.